The third kappa shape index (κ3) is 2.23. The van der Waals surface area contributed by atoms with E-state index in [4.69, 9.17) is 15.0 Å². The van der Waals surface area contributed by atoms with E-state index in [1.807, 2.05) is 19.9 Å². The van der Waals surface area contributed by atoms with Gasteiger partial charge in [0.25, 0.3) is 5.89 Å². The second-order valence-corrected chi connectivity index (χ2v) is 4.58. The number of rotatable bonds is 4. The Balaban J connectivity index is 2.21. The second-order valence-electron chi connectivity index (χ2n) is 3.29. The van der Waals surface area contributed by atoms with Crippen LogP contribution in [-0.2, 0) is 11.3 Å². The van der Waals surface area contributed by atoms with Crippen LogP contribution in [0.25, 0.3) is 11.5 Å². The van der Waals surface area contributed by atoms with Gasteiger partial charge in [0, 0.05) is 11.5 Å². The highest BCUT2D eigenvalue weighted by molar-refractivity contribution is 7.16. The average Bonchev–Trinajstić information content (AvgIpc) is 2.82. The Kier molecular flexibility index (Phi) is 3.21. The average molecular weight is 239 g/mol. The minimum Gasteiger partial charge on any atom is -0.390 e. The smallest absolute Gasteiger partial charge is 0.261 e. The van der Waals surface area contributed by atoms with Crippen molar-refractivity contribution in [2.75, 3.05) is 12.3 Å². The summed E-state index contributed by atoms with van der Waals surface area (Å²) >= 11 is 1.51. The summed E-state index contributed by atoms with van der Waals surface area (Å²) in [5, 5.41) is 4.52. The number of hydrogen-bond acceptors (Lipinski definition) is 6. The molecule has 86 valence electrons. The standard InChI is InChI=1S/C10H13N3O2S/c1-3-14-5-8-12-10(15-13-8)7-4-6(2)16-9(7)11/h4H,3,5,11H2,1-2H3. The molecule has 0 aliphatic rings. The first-order chi connectivity index (χ1) is 7.70. The van der Waals surface area contributed by atoms with Gasteiger partial charge in [-0.2, -0.15) is 4.98 Å². The van der Waals surface area contributed by atoms with Crippen molar-refractivity contribution >= 4 is 16.3 Å². The molecule has 0 bridgehead atoms. The molecule has 2 aromatic heterocycles. The van der Waals surface area contributed by atoms with Crippen molar-refractivity contribution in [3.05, 3.63) is 16.8 Å². The molecule has 2 aromatic rings. The molecule has 0 radical (unpaired) electrons. The lowest BCUT2D eigenvalue weighted by Crippen LogP contribution is -1.93. The van der Waals surface area contributed by atoms with E-state index in [1.54, 1.807) is 0 Å². The molecule has 0 atom stereocenters. The molecular weight excluding hydrogens is 226 g/mol. The first-order valence-electron chi connectivity index (χ1n) is 4.97. The summed E-state index contributed by atoms with van der Waals surface area (Å²) in [5.41, 5.74) is 6.65. The van der Waals surface area contributed by atoms with E-state index in [2.05, 4.69) is 10.1 Å². The number of aromatic nitrogens is 2. The number of nitrogen functional groups attached to an aromatic ring is 1. The van der Waals surface area contributed by atoms with E-state index in [0.717, 1.165) is 10.4 Å². The lowest BCUT2D eigenvalue weighted by molar-refractivity contribution is 0.126. The van der Waals surface area contributed by atoms with Gasteiger partial charge in [0.1, 0.15) is 6.61 Å². The number of nitrogens with two attached hydrogens (primary N) is 1. The van der Waals surface area contributed by atoms with Crippen molar-refractivity contribution < 1.29 is 9.26 Å². The van der Waals surface area contributed by atoms with Gasteiger partial charge >= 0.3 is 0 Å². The van der Waals surface area contributed by atoms with E-state index >= 15 is 0 Å². The van der Waals surface area contributed by atoms with Crippen LogP contribution < -0.4 is 5.73 Å². The summed E-state index contributed by atoms with van der Waals surface area (Å²) in [6.45, 7) is 4.90. The summed E-state index contributed by atoms with van der Waals surface area (Å²) in [5.74, 6) is 0.997. The Bertz CT molecular complexity index is 478. The van der Waals surface area contributed by atoms with Gasteiger partial charge < -0.3 is 15.0 Å². The van der Waals surface area contributed by atoms with Crippen molar-refractivity contribution in [2.45, 2.75) is 20.5 Å². The molecule has 2 rings (SSSR count). The van der Waals surface area contributed by atoms with Crippen molar-refractivity contribution in [3.8, 4) is 11.5 Å². The van der Waals surface area contributed by atoms with E-state index in [0.29, 0.717) is 29.9 Å². The SMILES string of the molecule is CCOCc1noc(-c2cc(C)sc2N)n1. The molecule has 0 spiro atoms. The fourth-order valence-corrected chi connectivity index (χ4v) is 2.09. The molecule has 16 heavy (non-hydrogen) atoms. The highest BCUT2D eigenvalue weighted by atomic mass is 32.1. The van der Waals surface area contributed by atoms with Gasteiger partial charge in [-0.3, -0.25) is 0 Å². The molecule has 0 saturated heterocycles. The van der Waals surface area contributed by atoms with Crippen LogP contribution in [0.15, 0.2) is 10.6 Å². The van der Waals surface area contributed by atoms with E-state index < -0.39 is 0 Å². The first-order valence-corrected chi connectivity index (χ1v) is 5.79. The molecule has 0 saturated carbocycles. The van der Waals surface area contributed by atoms with Crippen LogP contribution in [0.1, 0.15) is 17.6 Å². The molecule has 0 aromatic carbocycles. The Hall–Kier alpha value is -1.40. The monoisotopic (exact) mass is 239 g/mol. The summed E-state index contributed by atoms with van der Waals surface area (Å²) in [6.07, 6.45) is 0. The zero-order chi connectivity index (χ0) is 11.5. The maximum absolute atomic E-state index is 5.84. The summed E-state index contributed by atoms with van der Waals surface area (Å²) in [4.78, 5) is 5.34. The molecule has 0 amide bonds. The van der Waals surface area contributed by atoms with Crippen LogP contribution in [0, 0.1) is 6.92 Å². The molecule has 0 aliphatic carbocycles. The van der Waals surface area contributed by atoms with Crippen LogP contribution in [-0.4, -0.2) is 16.7 Å². The Morgan fingerprint density at radius 2 is 2.38 bits per heavy atom. The summed E-state index contributed by atoms with van der Waals surface area (Å²) in [6, 6.07) is 1.94. The van der Waals surface area contributed by atoms with Gasteiger partial charge in [0.15, 0.2) is 5.82 Å². The van der Waals surface area contributed by atoms with Gasteiger partial charge in [-0.25, -0.2) is 0 Å². The summed E-state index contributed by atoms with van der Waals surface area (Å²) in [7, 11) is 0. The zero-order valence-electron chi connectivity index (χ0n) is 9.19. The fourth-order valence-electron chi connectivity index (χ4n) is 1.31. The predicted octanol–water partition coefficient (Wildman–Crippen LogP) is 2.23. The zero-order valence-corrected chi connectivity index (χ0v) is 10.0. The van der Waals surface area contributed by atoms with Crippen molar-refractivity contribution in [1.29, 1.82) is 0 Å². The van der Waals surface area contributed by atoms with Crippen LogP contribution in [0.2, 0.25) is 0 Å². The fraction of sp³-hybridized carbons (Fsp3) is 0.400. The first kappa shape index (κ1) is 11.1. The second kappa shape index (κ2) is 4.63. The number of aryl methyl sites for hydroxylation is 1. The lowest BCUT2D eigenvalue weighted by Gasteiger charge is -1.92. The number of hydrogen-bond donors (Lipinski definition) is 1. The lowest BCUT2D eigenvalue weighted by atomic mass is 10.3. The molecule has 5 nitrogen and oxygen atoms in total. The van der Waals surface area contributed by atoms with Gasteiger partial charge in [-0.05, 0) is 19.9 Å². The van der Waals surface area contributed by atoms with Crippen LogP contribution >= 0.6 is 11.3 Å². The Labute approximate surface area is 97.2 Å². The molecule has 0 fully saturated rings. The molecule has 6 heteroatoms. The van der Waals surface area contributed by atoms with Crippen LogP contribution in [0.3, 0.4) is 0 Å². The van der Waals surface area contributed by atoms with Crippen molar-refractivity contribution in [2.24, 2.45) is 0 Å². The van der Waals surface area contributed by atoms with E-state index in [1.165, 1.54) is 11.3 Å². The van der Waals surface area contributed by atoms with Crippen molar-refractivity contribution in [3.63, 3.8) is 0 Å². The third-order valence-electron chi connectivity index (χ3n) is 2.02. The number of nitrogens with zero attached hydrogens (tertiary/aromatic N) is 2. The largest absolute Gasteiger partial charge is 0.390 e. The van der Waals surface area contributed by atoms with Gasteiger partial charge in [-0.15, -0.1) is 11.3 Å². The maximum atomic E-state index is 5.84. The molecule has 0 unspecified atom stereocenters. The highest BCUT2D eigenvalue weighted by Gasteiger charge is 2.13. The Morgan fingerprint density at radius 3 is 3.00 bits per heavy atom. The third-order valence-corrected chi connectivity index (χ3v) is 2.90. The number of ether oxygens (including phenoxy) is 1. The maximum Gasteiger partial charge on any atom is 0.261 e. The summed E-state index contributed by atoms with van der Waals surface area (Å²) < 4.78 is 10.3. The van der Waals surface area contributed by atoms with Gasteiger partial charge in [0.05, 0.1) is 10.6 Å². The minimum atomic E-state index is 0.364. The van der Waals surface area contributed by atoms with E-state index in [9.17, 15) is 0 Å². The van der Waals surface area contributed by atoms with Gasteiger partial charge in [-0.1, -0.05) is 5.16 Å². The number of anilines is 1. The van der Waals surface area contributed by atoms with Crippen molar-refractivity contribution in [1.82, 2.24) is 10.1 Å². The molecule has 2 N–H and O–H groups in total. The normalized spacial score (nSPS) is 10.9. The van der Waals surface area contributed by atoms with Crippen LogP contribution in [0.5, 0.6) is 0 Å². The minimum absolute atomic E-state index is 0.364. The Morgan fingerprint density at radius 1 is 1.56 bits per heavy atom. The van der Waals surface area contributed by atoms with E-state index in [-0.39, 0.29) is 0 Å². The number of thiophene rings is 1. The quantitative estimate of drug-likeness (QED) is 0.885. The van der Waals surface area contributed by atoms with Crippen LogP contribution in [0.4, 0.5) is 5.00 Å². The molecular formula is C10H13N3O2S. The topological polar surface area (TPSA) is 74.2 Å². The highest BCUT2D eigenvalue weighted by Crippen LogP contribution is 2.32. The predicted molar refractivity (Wildman–Crippen MR) is 62.1 cm³/mol. The molecule has 2 heterocycles. The van der Waals surface area contributed by atoms with Gasteiger partial charge in [0.2, 0.25) is 0 Å². The molecule has 0 aliphatic heterocycles.